The summed E-state index contributed by atoms with van der Waals surface area (Å²) in [6.07, 6.45) is -13.6. The Morgan fingerprint density at radius 3 is 0.525 bits per heavy atom. The topological polar surface area (TPSA) is 0 Å². The molecular weight excluding hydrogens is 669 g/mol. The molecule has 0 aromatic rings. The van der Waals surface area contributed by atoms with Gasteiger partial charge < -0.3 is 0 Å². The van der Waals surface area contributed by atoms with Gasteiger partial charge in [0.15, 0.2) is 0 Å². The van der Waals surface area contributed by atoms with Crippen LogP contribution in [-0.2, 0) is 0 Å². The van der Waals surface area contributed by atoms with Crippen molar-refractivity contribution in [1.29, 1.82) is 0 Å². The van der Waals surface area contributed by atoms with Crippen LogP contribution >= 0.6 is 0 Å². The van der Waals surface area contributed by atoms with E-state index in [1.54, 1.807) is 0 Å². The first-order valence-corrected chi connectivity index (χ1v) is 8.10. The lowest BCUT2D eigenvalue weighted by atomic mass is 9.84. The fraction of sp³-hybridized carbons (Fsp3) is 0.923. The van der Waals surface area contributed by atoms with Crippen molar-refractivity contribution in [3.05, 3.63) is 6.43 Å². The van der Waals surface area contributed by atoms with E-state index in [4.69, 9.17) is 0 Å². The Morgan fingerprint density at radius 1 is 0.225 bits per heavy atom. The normalized spacial score (nSPS) is 17.1. The highest BCUT2D eigenvalue weighted by atomic mass is 19.4. The maximum Gasteiger partial charge on any atom is 0.460 e. The summed E-state index contributed by atoms with van der Waals surface area (Å²) in [5.41, 5.74) is 0. The minimum absolute atomic E-state index is 5.42. The van der Waals surface area contributed by atoms with Crippen molar-refractivity contribution in [2.75, 3.05) is 0 Å². The summed E-state index contributed by atoms with van der Waals surface area (Å²) in [4.78, 5) is 0. The highest BCUT2D eigenvalue weighted by Gasteiger charge is 2.99. The standard InChI is InChI=1S/C13F27/c14-1(15)2(16,17)3(18,19)4(20,21)5(22,23)6(24,25)7(26,27)8(28,29)9(30,31)10(32,33)11(34,35)12(36,37)13(38,39)40. The third-order valence-corrected chi connectivity index (χ3v) is 4.54. The smallest absolute Gasteiger partial charge is 0.192 e. The van der Waals surface area contributed by atoms with Gasteiger partial charge in [-0.05, 0) is 0 Å². The largest absolute Gasteiger partial charge is 0.460 e. The second kappa shape index (κ2) is 9.05. The molecule has 0 aromatic carbocycles. The van der Waals surface area contributed by atoms with E-state index in [1.807, 2.05) is 0 Å². The van der Waals surface area contributed by atoms with E-state index in [1.165, 1.54) is 0 Å². The highest BCUT2D eigenvalue weighted by Crippen LogP contribution is 2.68. The summed E-state index contributed by atoms with van der Waals surface area (Å²) in [6.45, 7) is 0. The second-order valence-corrected chi connectivity index (χ2v) is 7.08. The van der Waals surface area contributed by atoms with Gasteiger partial charge in [-0.1, -0.05) is 0 Å². The van der Waals surface area contributed by atoms with Crippen LogP contribution in [0, 0.1) is 6.43 Å². The van der Waals surface area contributed by atoms with Gasteiger partial charge in [-0.3, -0.25) is 0 Å². The molecule has 0 spiro atoms. The summed E-state index contributed by atoms with van der Waals surface area (Å²) < 4.78 is 348. The zero-order valence-corrected chi connectivity index (χ0v) is 16.7. The molecule has 0 heterocycles. The number of rotatable bonds is 11. The molecule has 0 amide bonds. The van der Waals surface area contributed by atoms with Crippen LogP contribution in [0.15, 0.2) is 0 Å². The van der Waals surface area contributed by atoms with E-state index in [0.717, 1.165) is 0 Å². The molecule has 0 atom stereocenters. The van der Waals surface area contributed by atoms with Gasteiger partial charge in [0, 0.05) is 0 Å². The summed E-state index contributed by atoms with van der Waals surface area (Å²) in [6, 6.07) is 0. The van der Waals surface area contributed by atoms with Crippen molar-refractivity contribution >= 4 is 0 Å². The van der Waals surface area contributed by atoms with Crippen LogP contribution in [0.5, 0.6) is 0 Å². The zero-order valence-electron chi connectivity index (χ0n) is 16.7. The minimum Gasteiger partial charge on any atom is -0.192 e. The lowest BCUT2D eigenvalue weighted by Gasteiger charge is -2.45. The van der Waals surface area contributed by atoms with Crippen LogP contribution < -0.4 is 0 Å². The third kappa shape index (κ3) is 4.19. The number of halogens is 27. The molecule has 0 unspecified atom stereocenters. The van der Waals surface area contributed by atoms with Gasteiger partial charge in [-0.15, -0.1) is 0 Å². The quantitative estimate of drug-likeness (QED) is 0.193. The van der Waals surface area contributed by atoms with Crippen LogP contribution in [0.4, 0.5) is 119 Å². The van der Waals surface area contributed by atoms with Gasteiger partial charge in [0.05, 0.1) is 0 Å². The first kappa shape index (κ1) is 38.1. The molecule has 0 saturated carbocycles. The van der Waals surface area contributed by atoms with Crippen molar-refractivity contribution in [3.8, 4) is 0 Å². The van der Waals surface area contributed by atoms with Crippen molar-refractivity contribution in [1.82, 2.24) is 0 Å². The Kier molecular flexibility index (Phi) is 8.63. The fourth-order valence-corrected chi connectivity index (χ4v) is 2.07. The molecular formula is C13F27. The average Bonchev–Trinajstić information content (AvgIpc) is 2.71. The lowest BCUT2D eigenvalue weighted by molar-refractivity contribution is -0.482. The Hall–Kier alpha value is -1.89. The van der Waals surface area contributed by atoms with Gasteiger partial charge in [-0.25, -0.2) is 0 Å². The van der Waals surface area contributed by atoms with Crippen LogP contribution in [-0.4, -0.2) is 71.3 Å². The predicted molar refractivity (Wildman–Crippen MR) is 65.9 cm³/mol. The van der Waals surface area contributed by atoms with E-state index in [-0.39, 0.29) is 0 Å². The van der Waals surface area contributed by atoms with Crippen LogP contribution in [0.2, 0.25) is 0 Å². The second-order valence-electron chi connectivity index (χ2n) is 7.08. The van der Waals surface area contributed by atoms with Gasteiger partial charge in [0.25, 0.3) is 0 Å². The SMILES string of the molecule is F[C](F)C(F)(F)C(F)(F)C(F)(F)C(F)(F)C(F)(F)C(F)(F)C(F)(F)C(F)(F)C(F)(F)C(F)(F)C(F)(F)C(F)(F)F. The molecule has 1 radical (unpaired) electrons. The molecule has 27 heteroatoms. The molecule has 0 bridgehead atoms. The first-order chi connectivity index (χ1) is 16.7. The number of alkyl halides is 25. The van der Waals surface area contributed by atoms with E-state index in [0.29, 0.717) is 0 Å². The molecule has 0 N–H and O–H groups in total. The number of hydrogen-bond acceptors (Lipinski definition) is 0. The van der Waals surface area contributed by atoms with E-state index >= 15 is 0 Å². The lowest BCUT2D eigenvalue weighted by Crippen LogP contribution is -2.78. The first-order valence-electron chi connectivity index (χ1n) is 8.10. The molecule has 241 valence electrons. The molecule has 0 rings (SSSR count). The van der Waals surface area contributed by atoms with E-state index < -0.39 is 77.7 Å². The Bertz CT molecular complexity index is 915. The predicted octanol–water partition coefficient (Wildman–Crippen LogP) is 8.97. The Labute approximate surface area is 198 Å². The van der Waals surface area contributed by atoms with Gasteiger partial charge >= 0.3 is 77.7 Å². The highest BCUT2D eigenvalue weighted by molar-refractivity contribution is 5.20. The summed E-state index contributed by atoms with van der Waals surface area (Å²) in [7, 11) is 0. The Morgan fingerprint density at radius 2 is 0.375 bits per heavy atom. The molecule has 0 aromatic heterocycles. The maximum absolute atomic E-state index is 13.4. The fourth-order valence-electron chi connectivity index (χ4n) is 2.07. The number of hydrogen-bond donors (Lipinski definition) is 0. The molecule has 0 saturated heterocycles. The third-order valence-electron chi connectivity index (χ3n) is 4.54. The Balaban J connectivity index is 7.35. The summed E-state index contributed by atoms with van der Waals surface area (Å²) >= 11 is 0. The van der Waals surface area contributed by atoms with Crippen molar-refractivity contribution < 1.29 is 119 Å². The van der Waals surface area contributed by atoms with Gasteiger partial charge in [0.1, 0.15) is 0 Å². The van der Waals surface area contributed by atoms with Crippen molar-refractivity contribution in [2.45, 2.75) is 71.3 Å². The molecule has 40 heavy (non-hydrogen) atoms. The maximum atomic E-state index is 13.4. The van der Waals surface area contributed by atoms with Crippen molar-refractivity contribution in [3.63, 3.8) is 0 Å². The summed E-state index contributed by atoms with van der Waals surface area (Å²) in [5, 5.41) is 0. The van der Waals surface area contributed by atoms with E-state index in [2.05, 4.69) is 0 Å². The van der Waals surface area contributed by atoms with Crippen LogP contribution in [0.3, 0.4) is 0 Å². The van der Waals surface area contributed by atoms with Crippen LogP contribution in [0.1, 0.15) is 0 Å². The average molecular weight is 669 g/mol. The van der Waals surface area contributed by atoms with Crippen LogP contribution in [0.25, 0.3) is 0 Å². The summed E-state index contributed by atoms with van der Waals surface area (Å²) in [5.74, 6) is -102. The zero-order chi connectivity index (χ0) is 33.6. The van der Waals surface area contributed by atoms with E-state index in [9.17, 15) is 119 Å². The minimum atomic E-state index is -9.73. The van der Waals surface area contributed by atoms with Gasteiger partial charge in [-0.2, -0.15) is 119 Å². The van der Waals surface area contributed by atoms with Gasteiger partial charge in [0.2, 0.25) is 0 Å². The molecule has 0 fully saturated rings. The molecule has 0 aliphatic carbocycles. The monoisotopic (exact) mass is 669 g/mol. The molecule has 0 nitrogen and oxygen atoms in total. The molecule has 0 aliphatic rings. The molecule has 0 aliphatic heterocycles. The van der Waals surface area contributed by atoms with Crippen molar-refractivity contribution in [2.24, 2.45) is 0 Å².